The molecular formula is C11H14ClF3N2O2S. The minimum Gasteiger partial charge on any atom is -0.330 e. The first-order valence-corrected chi connectivity index (χ1v) is 7.61. The molecule has 0 aliphatic rings. The molecular weight excluding hydrogens is 317 g/mol. The Morgan fingerprint density at radius 1 is 1.25 bits per heavy atom. The normalized spacial score (nSPS) is 12.7. The van der Waals surface area contributed by atoms with E-state index in [1.54, 1.807) is 0 Å². The summed E-state index contributed by atoms with van der Waals surface area (Å²) in [5, 5.41) is -0.181. The third-order valence-electron chi connectivity index (χ3n) is 2.46. The Balaban J connectivity index is 3.06. The molecule has 20 heavy (non-hydrogen) atoms. The van der Waals surface area contributed by atoms with E-state index in [1.165, 1.54) is 0 Å². The summed E-state index contributed by atoms with van der Waals surface area (Å²) in [7, 11) is -4.24. The number of halogens is 4. The van der Waals surface area contributed by atoms with Crippen LogP contribution in [0.3, 0.4) is 0 Å². The van der Waals surface area contributed by atoms with Gasteiger partial charge in [-0.3, -0.25) is 0 Å². The molecule has 1 rings (SSSR count). The van der Waals surface area contributed by atoms with Crippen molar-refractivity contribution in [3.8, 4) is 0 Å². The number of alkyl halides is 3. The average molecular weight is 331 g/mol. The highest BCUT2D eigenvalue weighted by Gasteiger charge is 2.37. The molecule has 9 heteroatoms. The van der Waals surface area contributed by atoms with Crippen molar-refractivity contribution in [3.63, 3.8) is 0 Å². The lowest BCUT2D eigenvalue weighted by Crippen LogP contribution is -2.27. The van der Waals surface area contributed by atoms with E-state index in [0.29, 0.717) is 25.5 Å². The van der Waals surface area contributed by atoms with Crippen LogP contribution < -0.4 is 10.5 Å². The number of rotatable bonds is 6. The smallest absolute Gasteiger partial charge is 0.330 e. The van der Waals surface area contributed by atoms with E-state index in [4.69, 9.17) is 17.3 Å². The maximum atomic E-state index is 12.8. The van der Waals surface area contributed by atoms with Gasteiger partial charge in [-0.2, -0.15) is 13.2 Å². The fraction of sp³-hybridized carbons (Fsp3) is 0.455. The van der Waals surface area contributed by atoms with Crippen molar-refractivity contribution in [1.82, 2.24) is 4.72 Å². The molecule has 0 atom stereocenters. The summed E-state index contributed by atoms with van der Waals surface area (Å²) in [5.41, 5.74) is 3.97. The lowest BCUT2D eigenvalue weighted by molar-refractivity contribution is -0.139. The maximum absolute atomic E-state index is 12.8. The number of sulfonamides is 1. The summed E-state index contributed by atoms with van der Waals surface area (Å²) in [5.74, 6) is 0. The Morgan fingerprint density at radius 2 is 1.90 bits per heavy atom. The summed E-state index contributed by atoms with van der Waals surface area (Å²) in [4.78, 5) is -0.831. The van der Waals surface area contributed by atoms with Crippen LogP contribution in [0.1, 0.15) is 18.4 Å². The maximum Gasteiger partial charge on any atom is 0.417 e. The first-order valence-electron chi connectivity index (χ1n) is 5.75. The van der Waals surface area contributed by atoms with E-state index in [2.05, 4.69) is 4.72 Å². The first-order chi connectivity index (χ1) is 9.18. The van der Waals surface area contributed by atoms with Gasteiger partial charge in [0.1, 0.15) is 0 Å². The SMILES string of the molecule is NCCCCNS(=O)(=O)c1ccc(Cl)cc1C(F)(F)F. The van der Waals surface area contributed by atoms with Crippen molar-refractivity contribution >= 4 is 21.6 Å². The average Bonchev–Trinajstić information content (AvgIpc) is 2.33. The van der Waals surface area contributed by atoms with E-state index in [0.717, 1.165) is 12.1 Å². The Bertz CT molecular complexity index is 561. The molecule has 114 valence electrons. The van der Waals surface area contributed by atoms with Gasteiger partial charge in [-0.15, -0.1) is 0 Å². The number of nitrogens with two attached hydrogens (primary N) is 1. The van der Waals surface area contributed by atoms with Gasteiger partial charge < -0.3 is 5.73 Å². The molecule has 0 radical (unpaired) electrons. The summed E-state index contributed by atoms with van der Waals surface area (Å²) in [6.07, 6.45) is -3.77. The molecule has 0 amide bonds. The monoisotopic (exact) mass is 330 g/mol. The molecule has 0 bridgehead atoms. The highest BCUT2D eigenvalue weighted by Crippen LogP contribution is 2.35. The predicted molar refractivity (Wildman–Crippen MR) is 69.9 cm³/mol. The largest absolute Gasteiger partial charge is 0.417 e. The van der Waals surface area contributed by atoms with Crippen LogP contribution in [0.4, 0.5) is 13.2 Å². The highest BCUT2D eigenvalue weighted by atomic mass is 35.5. The zero-order valence-electron chi connectivity index (χ0n) is 10.4. The number of nitrogens with one attached hydrogen (secondary N) is 1. The van der Waals surface area contributed by atoms with Crippen LogP contribution in [0.2, 0.25) is 5.02 Å². The van der Waals surface area contributed by atoms with Crippen LogP contribution in [0.15, 0.2) is 23.1 Å². The van der Waals surface area contributed by atoms with E-state index in [-0.39, 0.29) is 11.6 Å². The van der Waals surface area contributed by atoms with Gasteiger partial charge in [0, 0.05) is 11.6 Å². The van der Waals surface area contributed by atoms with Crippen LogP contribution >= 0.6 is 11.6 Å². The number of hydrogen-bond donors (Lipinski definition) is 2. The van der Waals surface area contributed by atoms with Crippen molar-refractivity contribution in [2.75, 3.05) is 13.1 Å². The molecule has 0 spiro atoms. The second-order valence-electron chi connectivity index (χ2n) is 4.03. The summed E-state index contributed by atoms with van der Waals surface area (Å²) < 4.78 is 64.4. The van der Waals surface area contributed by atoms with Crippen molar-refractivity contribution in [3.05, 3.63) is 28.8 Å². The third-order valence-corrected chi connectivity index (χ3v) is 4.21. The van der Waals surface area contributed by atoms with Gasteiger partial charge >= 0.3 is 6.18 Å². The fourth-order valence-electron chi connectivity index (χ4n) is 1.51. The molecule has 0 aromatic heterocycles. The van der Waals surface area contributed by atoms with Gasteiger partial charge in [0.15, 0.2) is 0 Å². The van der Waals surface area contributed by atoms with Crippen LogP contribution in [-0.2, 0) is 16.2 Å². The summed E-state index contributed by atoms with van der Waals surface area (Å²) in [6, 6.07) is 2.54. The van der Waals surface area contributed by atoms with Crippen molar-refractivity contribution < 1.29 is 21.6 Å². The standard InChI is InChI=1S/C11H14ClF3N2O2S/c12-8-3-4-10(9(7-8)11(13,14)15)20(18,19)17-6-2-1-5-16/h3-4,7,17H,1-2,5-6,16H2. The van der Waals surface area contributed by atoms with E-state index >= 15 is 0 Å². The topological polar surface area (TPSA) is 72.2 Å². The van der Waals surface area contributed by atoms with Crippen molar-refractivity contribution in [1.29, 1.82) is 0 Å². The zero-order chi connectivity index (χ0) is 15.4. The van der Waals surface area contributed by atoms with Crippen LogP contribution in [-0.4, -0.2) is 21.5 Å². The third kappa shape index (κ3) is 4.62. The molecule has 1 aromatic rings. The molecule has 0 unspecified atom stereocenters. The minimum absolute atomic E-state index is 0.0272. The van der Waals surface area contributed by atoms with Crippen LogP contribution in [0.25, 0.3) is 0 Å². The summed E-state index contributed by atoms with van der Waals surface area (Å²) >= 11 is 5.49. The molecule has 4 nitrogen and oxygen atoms in total. The van der Waals surface area contributed by atoms with Gasteiger partial charge in [-0.25, -0.2) is 13.1 Å². The number of benzene rings is 1. The fourth-order valence-corrected chi connectivity index (χ4v) is 2.96. The van der Waals surface area contributed by atoms with Gasteiger partial charge in [0.2, 0.25) is 10.0 Å². The summed E-state index contributed by atoms with van der Waals surface area (Å²) in [6.45, 7) is 0.413. The first kappa shape index (κ1) is 17.2. The van der Waals surface area contributed by atoms with Gasteiger partial charge in [0.25, 0.3) is 0 Å². The molecule has 0 aliphatic carbocycles. The van der Waals surface area contributed by atoms with E-state index in [9.17, 15) is 21.6 Å². The molecule has 0 fully saturated rings. The molecule has 0 saturated carbocycles. The Morgan fingerprint density at radius 3 is 2.45 bits per heavy atom. The molecule has 0 saturated heterocycles. The Labute approximate surface area is 120 Å². The molecule has 0 aliphatic heterocycles. The molecule has 0 heterocycles. The minimum atomic E-state index is -4.80. The highest BCUT2D eigenvalue weighted by molar-refractivity contribution is 7.89. The number of unbranched alkanes of at least 4 members (excludes halogenated alkanes) is 1. The van der Waals surface area contributed by atoms with Gasteiger partial charge in [-0.1, -0.05) is 11.6 Å². The van der Waals surface area contributed by atoms with Gasteiger partial charge in [-0.05, 0) is 37.6 Å². The van der Waals surface area contributed by atoms with Crippen molar-refractivity contribution in [2.45, 2.75) is 23.9 Å². The number of hydrogen-bond acceptors (Lipinski definition) is 3. The molecule has 1 aromatic carbocycles. The Kier molecular flexibility index (Phi) is 5.81. The van der Waals surface area contributed by atoms with Crippen LogP contribution in [0, 0.1) is 0 Å². The van der Waals surface area contributed by atoms with Crippen LogP contribution in [0.5, 0.6) is 0 Å². The van der Waals surface area contributed by atoms with Gasteiger partial charge in [0.05, 0.1) is 10.5 Å². The Hall–Kier alpha value is -0.830. The lowest BCUT2D eigenvalue weighted by atomic mass is 10.2. The molecule has 3 N–H and O–H groups in total. The second-order valence-corrected chi connectivity index (χ2v) is 6.20. The van der Waals surface area contributed by atoms with E-state index < -0.39 is 26.7 Å². The lowest BCUT2D eigenvalue weighted by Gasteiger charge is -2.14. The zero-order valence-corrected chi connectivity index (χ0v) is 11.9. The van der Waals surface area contributed by atoms with Crippen molar-refractivity contribution in [2.24, 2.45) is 5.73 Å². The second kappa shape index (κ2) is 6.75. The quantitative estimate of drug-likeness (QED) is 0.787. The predicted octanol–water partition coefficient (Wildman–Crippen LogP) is 2.38. The van der Waals surface area contributed by atoms with E-state index in [1.807, 2.05) is 0 Å².